The van der Waals surface area contributed by atoms with Gasteiger partial charge in [-0.05, 0) is 12.3 Å². The van der Waals surface area contributed by atoms with Crippen molar-refractivity contribution in [2.24, 2.45) is 18.7 Å². The fourth-order valence-corrected chi connectivity index (χ4v) is 1.47. The van der Waals surface area contributed by atoms with E-state index in [9.17, 15) is 0 Å². The first-order valence-electron chi connectivity index (χ1n) is 5.07. The molecular weight excluding hydrogens is 176 g/mol. The summed E-state index contributed by atoms with van der Waals surface area (Å²) in [7, 11) is 1.97. The number of rotatable bonds is 5. The van der Waals surface area contributed by atoms with E-state index >= 15 is 0 Å². The Labute approximate surface area is 85.5 Å². The van der Waals surface area contributed by atoms with Crippen LogP contribution in [0.5, 0.6) is 0 Å². The molecule has 1 rings (SSSR count). The summed E-state index contributed by atoms with van der Waals surface area (Å²) in [4.78, 5) is 4.21. The zero-order chi connectivity index (χ0) is 10.6. The molecule has 0 radical (unpaired) electrons. The van der Waals surface area contributed by atoms with Gasteiger partial charge in [-0.1, -0.05) is 13.8 Å². The molecule has 1 unspecified atom stereocenters. The lowest BCUT2D eigenvalue weighted by Crippen LogP contribution is -2.31. The largest absolute Gasteiger partial charge is 0.352 e. The first-order valence-corrected chi connectivity index (χ1v) is 5.07. The maximum Gasteiger partial charge on any atom is 0.202 e. The molecular formula is C10H20N4. The molecule has 1 aromatic rings. The summed E-state index contributed by atoms with van der Waals surface area (Å²) in [6.07, 6.45) is 4.78. The molecule has 1 atom stereocenters. The molecule has 80 valence electrons. The van der Waals surface area contributed by atoms with Crippen LogP contribution in [0.4, 0.5) is 5.95 Å². The van der Waals surface area contributed by atoms with Crippen molar-refractivity contribution in [3.05, 3.63) is 12.4 Å². The Hall–Kier alpha value is -1.03. The highest BCUT2D eigenvalue weighted by Gasteiger charge is 2.10. The predicted octanol–water partition coefficient (Wildman–Crippen LogP) is 1.21. The van der Waals surface area contributed by atoms with Gasteiger partial charge in [-0.15, -0.1) is 0 Å². The molecule has 1 aromatic heterocycles. The Balaban J connectivity index is 2.52. The smallest absolute Gasteiger partial charge is 0.202 e. The highest BCUT2D eigenvalue weighted by molar-refractivity contribution is 5.27. The Morgan fingerprint density at radius 3 is 2.71 bits per heavy atom. The molecule has 0 spiro atoms. The minimum atomic E-state index is 0.316. The molecule has 3 N–H and O–H groups in total. The molecule has 4 nitrogen and oxygen atoms in total. The summed E-state index contributed by atoms with van der Waals surface area (Å²) in [6.45, 7) is 5.04. The monoisotopic (exact) mass is 196 g/mol. The average molecular weight is 196 g/mol. The zero-order valence-electron chi connectivity index (χ0n) is 9.20. The van der Waals surface area contributed by atoms with Crippen molar-refractivity contribution < 1.29 is 0 Å². The predicted molar refractivity (Wildman–Crippen MR) is 59.1 cm³/mol. The molecule has 14 heavy (non-hydrogen) atoms. The number of aromatic nitrogens is 2. The van der Waals surface area contributed by atoms with Crippen LogP contribution < -0.4 is 11.1 Å². The normalized spacial score (nSPS) is 13.2. The van der Waals surface area contributed by atoms with Crippen molar-refractivity contribution in [1.82, 2.24) is 9.55 Å². The van der Waals surface area contributed by atoms with Crippen molar-refractivity contribution in [1.29, 1.82) is 0 Å². The van der Waals surface area contributed by atoms with Gasteiger partial charge in [0.1, 0.15) is 0 Å². The Bertz CT molecular complexity index is 267. The van der Waals surface area contributed by atoms with E-state index in [-0.39, 0.29) is 0 Å². The van der Waals surface area contributed by atoms with E-state index in [1.54, 1.807) is 6.20 Å². The lowest BCUT2D eigenvalue weighted by molar-refractivity contribution is 0.518. The van der Waals surface area contributed by atoms with Crippen LogP contribution in [0.15, 0.2) is 12.4 Å². The second-order valence-electron chi connectivity index (χ2n) is 4.07. The number of nitrogens with two attached hydrogens (primary N) is 1. The molecule has 0 aliphatic heterocycles. The highest BCUT2D eigenvalue weighted by atomic mass is 15.2. The minimum Gasteiger partial charge on any atom is -0.352 e. The topological polar surface area (TPSA) is 55.9 Å². The van der Waals surface area contributed by atoms with Gasteiger partial charge in [0.15, 0.2) is 0 Å². The average Bonchev–Trinajstić information content (AvgIpc) is 2.50. The first-order chi connectivity index (χ1) is 6.63. The lowest BCUT2D eigenvalue weighted by atomic mass is 10.0. The number of nitrogens with one attached hydrogen (secondary N) is 1. The number of aryl methyl sites for hydroxylation is 1. The second kappa shape index (κ2) is 5.00. The van der Waals surface area contributed by atoms with E-state index < -0.39 is 0 Å². The van der Waals surface area contributed by atoms with Crippen LogP contribution in [-0.4, -0.2) is 22.1 Å². The molecule has 0 saturated carbocycles. The van der Waals surface area contributed by atoms with Crippen LogP contribution in [0.1, 0.15) is 20.3 Å². The number of anilines is 1. The third-order valence-corrected chi connectivity index (χ3v) is 2.19. The van der Waals surface area contributed by atoms with Crippen molar-refractivity contribution >= 4 is 5.95 Å². The Morgan fingerprint density at radius 2 is 2.29 bits per heavy atom. The van der Waals surface area contributed by atoms with Crippen LogP contribution in [-0.2, 0) is 7.05 Å². The van der Waals surface area contributed by atoms with Crippen LogP contribution in [0.2, 0.25) is 0 Å². The van der Waals surface area contributed by atoms with Crippen molar-refractivity contribution in [2.45, 2.75) is 26.3 Å². The summed E-state index contributed by atoms with van der Waals surface area (Å²) in [5.41, 5.74) is 5.69. The van der Waals surface area contributed by atoms with E-state index in [0.29, 0.717) is 18.5 Å². The number of nitrogens with zero attached hydrogens (tertiary/aromatic N) is 2. The van der Waals surface area contributed by atoms with Gasteiger partial charge in [0, 0.05) is 32.0 Å². The molecule has 4 heteroatoms. The zero-order valence-corrected chi connectivity index (χ0v) is 9.20. The first kappa shape index (κ1) is 11.0. The van der Waals surface area contributed by atoms with Gasteiger partial charge in [-0.2, -0.15) is 0 Å². The summed E-state index contributed by atoms with van der Waals surface area (Å²) in [5, 5.41) is 3.34. The van der Waals surface area contributed by atoms with Crippen molar-refractivity contribution in [3.63, 3.8) is 0 Å². The van der Waals surface area contributed by atoms with Gasteiger partial charge in [-0.25, -0.2) is 4.98 Å². The van der Waals surface area contributed by atoms with Gasteiger partial charge < -0.3 is 15.6 Å². The van der Waals surface area contributed by atoms with Crippen molar-refractivity contribution in [3.8, 4) is 0 Å². The van der Waals surface area contributed by atoms with Crippen LogP contribution in [0.25, 0.3) is 0 Å². The minimum absolute atomic E-state index is 0.316. The standard InChI is InChI=1S/C10H20N4/c1-8(2)6-9(7-11)13-10-12-4-5-14(10)3/h4-5,8-9H,6-7,11H2,1-3H3,(H,12,13). The van der Waals surface area contributed by atoms with Gasteiger partial charge in [-0.3, -0.25) is 0 Å². The Morgan fingerprint density at radius 1 is 1.57 bits per heavy atom. The summed E-state index contributed by atoms with van der Waals surface area (Å²) < 4.78 is 1.96. The highest BCUT2D eigenvalue weighted by Crippen LogP contribution is 2.09. The second-order valence-corrected chi connectivity index (χ2v) is 4.07. The molecule has 1 heterocycles. The van der Waals surface area contributed by atoms with Gasteiger partial charge in [0.05, 0.1) is 0 Å². The SMILES string of the molecule is CC(C)CC(CN)Nc1nccn1C. The summed E-state index contributed by atoms with van der Waals surface area (Å²) >= 11 is 0. The summed E-state index contributed by atoms with van der Waals surface area (Å²) in [6, 6.07) is 0.316. The molecule has 0 aliphatic rings. The van der Waals surface area contributed by atoms with Crippen LogP contribution >= 0.6 is 0 Å². The molecule has 0 aliphatic carbocycles. The number of hydrogen-bond acceptors (Lipinski definition) is 3. The molecule has 0 aromatic carbocycles. The van der Waals surface area contributed by atoms with Crippen LogP contribution in [0, 0.1) is 5.92 Å². The third kappa shape index (κ3) is 3.03. The number of hydrogen-bond donors (Lipinski definition) is 2. The van der Waals surface area contributed by atoms with Crippen molar-refractivity contribution in [2.75, 3.05) is 11.9 Å². The van der Waals surface area contributed by atoms with Gasteiger partial charge in [0.25, 0.3) is 0 Å². The van der Waals surface area contributed by atoms with E-state index in [1.807, 2.05) is 17.8 Å². The Kier molecular flexibility index (Phi) is 3.95. The lowest BCUT2D eigenvalue weighted by Gasteiger charge is -2.19. The molecule has 0 amide bonds. The molecule has 0 fully saturated rings. The summed E-state index contributed by atoms with van der Waals surface area (Å²) in [5.74, 6) is 1.54. The molecule has 0 saturated heterocycles. The molecule has 0 bridgehead atoms. The maximum atomic E-state index is 5.69. The van der Waals surface area contributed by atoms with E-state index in [4.69, 9.17) is 5.73 Å². The van der Waals surface area contributed by atoms with E-state index in [0.717, 1.165) is 12.4 Å². The van der Waals surface area contributed by atoms with Crippen LogP contribution in [0.3, 0.4) is 0 Å². The fraction of sp³-hybridized carbons (Fsp3) is 0.700. The third-order valence-electron chi connectivity index (χ3n) is 2.19. The fourth-order valence-electron chi connectivity index (χ4n) is 1.47. The quantitative estimate of drug-likeness (QED) is 0.744. The van der Waals surface area contributed by atoms with Gasteiger partial charge in [0.2, 0.25) is 5.95 Å². The van der Waals surface area contributed by atoms with E-state index in [1.165, 1.54) is 0 Å². The maximum absolute atomic E-state index is 5.69. The van der Waals surface area contributed by atoms with E-state index in [2.05, 4.69) is 24.1 Å². The number of imidazole rings is 1. The van der Waals surface area contributed by atoms with Gasteiger partial charge >= 0.3 is 0 Å².